The van der Waals surface area contributed by atoms with Gasteiger partial charge in [0.1, 0.15) is 0 Å². The Morgan fingerprint density at radius 1 is 0.619 bits per heavy atom. The van der Waals surface area contributed by atoms with E-state index in [2.05, 4.69) is 31.3 Å². The topological polar surface area (TPSA) is 104 Å². The fraction of sp³-hybridized carbons (Fsp3) is 0.857. The van der Waals surface area contributed by atoms with E-state index in [1.807, 2.05) is 6.08 Å². The number of nitrogens with one attached hydrogen (secondary N) is 1. The second-order valence-corrected chi connectivity index (χ2v) is 13.6. The van der Waals surface area contributed by atoms with Crippen molar-refractivity contribution in [2.45, 2.75) is 187 Å². The van der Waals surface area contributed by atoms with Crippen molar-refractivity contribution in [1.82, 2.24) is 5.32 Å². The minimum Gasteiger partial charge on any atom is -0.387 e. The molecule has 2 unspecified atom stereocenters. The van der Waals surface area contributed by atoms with E-state index in [-0.39, 0.29) is 5.91 Å². The number of carbonyl (C=O) groups excluding carboxylic acids is 1. The van der Waals surface area contributed by atoms with Crippen molar-refractivity contribution >= 4 is 16.0 Å². The van der Waals surface area contributed by atoms with Gasteiger partial charge in [0.15, 0.2) is 0 Å². The third kappa shape index (κ3) is 30.3. The molecular formula is C35H67NO5S. The number of carbonyl (C=O) groups is 1. The summed E-state index contributed by atoms with van der Waals surface area (Å²) in [5, 5.41) is 13.1. The molecule has 0 heterocycles. The van der Waals surface area contributed by atoms with Crippen molar-refractivity contribution in [2.24, 2.45) is 0 Å². The molecule has 3 N–H and O–H groups in total. The Bertz CT molecular complexity index is 765. The number of amides is 1. The molecule has 0 spiro atoms. The van der Waals surface area contributed by atoms with Crippen LogP contribution in [0.2, 0.25) is 0 Å². The number of aliphatic hydroxyl groups excluding tert-OH is 1. The van der Waals surface area contributed by atoms with Gasteiger partial charge in [-0.15, -0.1) is 0 Å². The summed E-state index contributed by atoms with van der Waals surface area (Å²) in [6.07, 6.45) is 35.9. The van der Waals surface area contributed by atoms with Crippen LogP contribution in [0.1, 0.15) is 174 Å². The number of aliphatic hydroxyl groups is 1. The van der Waals surface area contributed by atoms with Gasteiger partial charge in [0.05, 0.1) is 17.9 Å². The Morgan fingerprint density at radius 2 is 1.02 bits per heavy atom. The third-order valence-corrected chi connectivity index (χ3v) is 8.66. The first-order valence-corrected chi connectivity index (χ1v) is 19.1. The van der Waals surface area contributed by atoms with Gasteiger partial charge in [0, 0.05) is 6.42 Å². The fourth-order valence-corrected chi connectivity index (χ4v) is 5.96. The Labute approximate surface area is 260 Å². The zero-order valence-corrected chi connectivity index (χ0v) is 28.2. The lowest BCUT2D eigenvalue weighted by atomic mass is 10.0. The summed E-state index contributed by atoms with van der Waals surface area (Å²) in [4.78, 5) is 12.4. The van der Waals surface area contributed by atoms with Gasteiger partial charge in [0.25, 0.3) is 10.1 Å². The van der Waals surface area contributed by atoms with Gasteiger partial charge in [-0.2, -0.15) is 8.42 Å². The average molecular weight is 614 g/mol. The lowest BCUT2D eigenvalue weighted by molar-refractivity contribution is -0.122. The Morgan fingerprint density at radius 3 is 1.50 bits per heavy atom. The molecule has 0 radical (unpaired) electrons. The molecule has 0 fully saturated rings. The summed E-state index contributed by atoms with van der Waals surface area (Å²) in [5.74, 6) is -0.996. The van der Waals surface area contributed by atoms with Crippen LogP contribution >= 0.6 is 0 Å². The summed E-state index contributed by atoms with van der Waals surface area (Å²) in [6, 6.07) is -1.07. The van der Waals surface area contributed by atoms with Crippen LogP contribution in [0.15, 0.2) is 24.3 Å². The van der Waals surface area contributed by atoms with E-state index in [1.54, 1.807) is 0 Å². The first kappa shape index (κ1) is 40.8. The first-order valence-electron chi connectivity index (χ1n) is 17.5. The van der Waals surface area contributed by atoms with Gasteiger partial charge >= 0.3 is 0 Å². The Kier molecular flexibility index (Phi) is 29.0. The van der Waals surface area contributed by atoms with Crippen molar-refractivity contribution in [3.63, 3.8) is 0 Å². The molecule has 0 bridgehead atoms. The molecular weight excluding hydrogens is 546 g/mol. The predicted molar refractivity (Wildman–Crippen MR) is 179 cm³/mol. The first-order chi connectivity index (χ1) is 20.3. The minimum atomic E-state index is -4.34. The standard InChI is InChI=1S/C35H67NO5S/c1-3-5-7-9-11-13-15-17-18-19-20-22-24-26-28-30-34(37)33(32-42(39,40)41)36-35(38)31-29-27-25-23-21-16-14-12-10-8-6-4-2/h20,22,28,30,33-34,37H,3-19,21,23-27,29,31-32H2,1-2H3,(H,36,38)(H,39,40,41)/b22-20+,30-28+. The van der Waals surface area contributed by atoms with Gasteiger partial charge in [-0.1, -0.05) is 160 Å². The van der Waals surface area contributed by atoms with E-state index in [0.717, 1.165) is 38.5 Å². The fourth-order valence-electron chi connectivity index (χ4n) is 5.23. The van der Waals surface area contributed by atoms with Crippen molar-refractivity contribution in [3.05, 3.63) is 24.3 Å². The highest BCUT2D eigenvalue weighted by Gasteiger charge is 2.24. The van der Waals surface area contributed by atoms with E-state index in [1.165, 1.54) is 122 Å². The highest BCUT2D eigenvalue weighted by atomic mass is 32.2. The molecule has 1 amide bonds. The zero-order valence-electron chi connectivity index (χ0n) is 27.4. The summed E-state index contributed by atoms with van der Waals surface area (Å²) < 4.78 is 32.3. The van der Waals surface area contributed by atoms with E-state index in [9.17, 15) is 22.9 Å². The van der Waals surface area contributed by atoms with Crippen LogP contribution in [0, 0.1) is 0 Å². The molecule has 0 aromatic heterocycles. The molecule has 0 aliphatic rings. The molecule has 0 aromatic rings. The molecule has 42 heavy (non-hydrogen) atoms. The van der Waals surface area contributed by atoms with Gasteiger partial charge in [-0.25, -0.2) is 0 Å². The average Bonchev–Trinajstić information content (AvgIpc) is 2.94. The van der Waals surface area contributed by atoms with Crippen molar-refractivity contribution in [1.29, 1.82) is 0 Å². The predicted octanol–water partition coefficient (Wildman–Crippen LogP) is 9.62. The summed E-state index contributed by atoms with van der Waals surface area (Å²) in [5.41, 5.74) is 0. The maximum Gasteiger partial charge on any atom is 0.267 e. The number of allylic oxidation sites excluding steroid dienone is 3. The molecule has 0 saturated carbocycles. The van der Waals surface area contributed by atoms with E-state index < -0.39 is 28.0 Å². The van der Waals surface area contributed by atoms with Crippen molar-refractivity contribution in [3.8, 4) is 0 Å². The molecule has 0 aromatic carbocycles. The second kappa shape index (κ2) is 29.9. The minimum absolute atomic E-state index is 0.289. The van der Waals surface area contributed by atoms with Crippen LogP contribution < -0.4 is 5.32 Å². The van der Waals surface area contributed by atoms with Crippen LogP contribution in [0.5, 0.6) is 0 Å². The maximum atomic E-state index is 12.4. The summed E-state index contributed by atoms with van der Waals surface area (Å²) >= 11 is 0. The Balaban J connectivity index is 4.06. The van der Waals surface area contributed by atoms with Gasteiger partial charge < -0.3 is 10.4 Å². The van der Waals surface area contributed by atoms with Crippen LogP contribution in [-0.4, -0.2) is 41.9 Å². The van der Waals surface area contributed by atoms with Gasteiger partial charge in [-0.3, -0.25) is 9.35 Å². The smallest absolute Gasteiger partial charge is 0.267 e. The molecule has 2 atom stereocenters. The van der Waals surface area contributed by atoms with Gasteiger partial charge in [0.2, 0.25) is 5.91 Å². The lowest BCUT2D eigenvalue weighted by Crippen LogP contribution is -2.46. The highest BCUT2D eigenvalue weighted by Crippen LogP contribution is 2.13. The van der Waals surface area contributed by atoms with Crippen LogP contribution in [0.3, 0.4) is 0 Å². The Hall–Kier alpha value is -1.18. The number of hydrogen-bond donors (Lipinski definition) is 3. The lowest BCUT2D eigenvalue weighted by Gasteiger charge is -2.21. The van der Waals surface area contributed by atoms with Crippen molar-refractivity contribution in [2.75, 3.05) is 5.75 Å². The molecule has 248 valence electrons. The normalized spacial score (nSPS) is 13.7. The largest absolute Gasteiger partial charge is 0.387 e. The second-order valence-electron chi connectivity index (χ2n) is 12.1. The van der Waals surface area contributed by atoms with Crippen molar-refractivity contribution < 1.29 is 22.9 Å². The van der Waals surface area contributed by atoms with Gasteiger partial charge in [-0.05, 0) is 32.1 Å². The van der Waals surface area contributed by atoms with Crippen LogP contribution in [-0.2, 0) is 14.9 Å². The van der Waals surface area contributed by atoms with E-state index in [0.29, 0.717) is 6.42 Å². The summed E-state index contributed by atoms with van der Waals surface area (Å²) in [7, 11) is -4.34. The monoisotopic (exact) mass is 613 g/mol. The molecule has 7 heteroatoms. The highest BCUT2D eigenvalue weighted by molar-refractivity contribution is 7.85. The molecule has 0 aliphatic carbocycles. The van der Waals surface area contributed by atoms with Crippen LogP contribution in [0.4, 0.5) is 0 Å². The molecule has 6 nitrogen and oxygen atoms in total. The van der Waals surface area contributed by atoms with E-state index >= 15 is 0 Å². The molecule has 0 rings (SSSR count). The number of rotatable bonds is 31. The zero-order chi connectivity index (χ0) is 31.2. The number of hydrogen-bond acceptors (Lipinski definition) is 4. The molecule has 0 saturated heterocycles. The maximum absolute atomic E-state index is 12.4. The SMILES string of the molecule is CCCCCCCCCCC/C=C/CC/C=C/C(O)C(CS(=O)(=O)O)NC(=O)CCCCCCCCCCCCCC. The van der Waals surface area contributed by atoms with Crippen LogP contribution in [0.25, 0.3) is 0 Å². The van der Waals surface area contributed by atoms with E-state index in [4.69, 9.17) is 0 Å². The third-order valence-electron chi connectivity index (χ3n) is 7.88. The number of unbranched alkanes of at least 4 members (excludes halogenated alkanes) is 21. The quantitative estimate of drug-likeness (QED) is 0.0410. The molecule has 0 aliphatic heterocycles. The summed E-state index contributed by atoms with van der Waals surface area (Å²) in [6.45, 7) is 4.49.